The van der Waals surface area contributed by atoms with E-state index in [2.05, 4.69) is 69.1 Å². The normalized spacial score (nSPS) is 19.0. The van der Waals surface area contributed by atoms with Crippen LogP contribution in [-0.2, 0) is 0 Å². The maximum absolute atomic E-state index is 4.19. The molecular weight excluding hydrogens is 316 g/mol. The van der Waals surface area contributed by atoms with Crippen molar-refractivity contribution in [2.24, 2.45) is 0 Å². The van der Waals surface area contributed by atoms with Gasteiger partial charge in [0, 0.05) is 36.7 Å². The summed E-state index contributed by atoms with van der Waals surface area (Å²) in [7, 11) is 4.32. The fourth-order valence-corrected chi connectivity index (χ4v) is 2.99. The quantitative estimate of drug-likeness (QED) is 0.862. The first-order chi connectivity index (χ1) is 9.63. The van der Waals surface area contributed by atoms with E-state index < -0.39 is 0 Å². The fourth-order valence-electron chi connectivity index (χ4n) is 2.67. The highest BCUT2D eigenvalue weighted by atomic mass is 79.9. The Kier molecular flexibility index (Phi) is 3.81. The molecule has 20 heavy (non-hydrogen) atoms. The Morgan fingerprint density at radius 1 is 1.20 bits per heavy atom. The zero-order valence-corrected chi connectivity index (χ0v) is 13.4. The van der Waals surface area contributed by atoms with Gasteiger partial charge in [-0.05, 0) is 60.7 Å². The highest BCUT2D eigenvalue weighted by Crippen LogP contribution is 2.23. The number of rotatable bonds is 3. The highest BCUT2D eigenvalue weighted by molar-refractivity contribution is 9.10. The molecule has 1 aliphatic rings. The standard InChI is InChI=1S/C15H19BrN4/c1-18(2)14-7-8-19(9-14)12-3-5-13(6-4-12)20-10-15(16)17-11-20/h3-6,10-11,14H,7-9H2,1-2H3/t14-/m1/s1. The lowest BCUT2D eigenvalue weighted by atomic mass is 10.2. The Morgan fingerprint density at radius 3 is 2.45 bits per heavy atom. The Morgan fingerprint density at radius 2 is 1.90 bits per heavy atom. The van der Waals surface area contributed by atoms with E-state index in [1.54, 1.807) is 0 Å². The van der Waals surface area contributed by atoms with Gasteiger partial charge in [0.2, 0.25) is 0 Å². The van der Waals surface area contributed by atoms with Crippen molar-refractivity contribution in [3.8, 4) is 5.69 Å². The second kappa shape index (κ2) is 5.58. The average Bonchev–Trinajstić information content (AvgIpc) is 3.08. The minimum absolute atomic E-state index is 0.666. The third-order valence-electron chi connectivity index (χ3n) is 3.96. The molecule has 1 aliphatic heterocycles. The first-order valence-electron chi connectivity index (χ1n) is 6.85. The number of aromatic nitrogens is 2. The van der Waals surface area contributed by atoms with Crippen molar-refractivity contribution in [3.63, 3.8) is 0 Å². The monoisotopic (exact) mass is 334 g/mol. The maximum atomic E-state index is 4.19. The molecule has 1 aromatic heterocycles. The third-order valence-corrected chi connectivity index (χ3v) is 4.37. The van der Waals surface area contributed by atoms with E-state index in [0.717, 1.165) is 23.4 Å². The molecule has 2 heterocycles. The van der Waals surface area contributed by atoms with Crippen LogP contribution in [0.25, 0.3) is 5.69 Å². The van der Waals surface area contributed by atoms with Gasteiger partial charge >= 0.3 is 0 Å². The van der Waals surface area contributed by atoms with Crippen molar-refractivity contribution in [2.75, 3.05) is 32.1 Å². The largest absolute Gasteiger partial charge is 0.370 e. The fraction of sp³-hybridized carbons (Fsp3) is 0.400. The molecular formula is C15H19BrN4. The Hall–Kier alpha value is -1.33. The molecule has 3 rings (SSSR count). The van der Waals surface area contributed by atoms with Crippen molar-refractivity contribution in [1.82, 2.24) is 14.5 Å². The van der Waals surface area contributed by atoms with Gasteiger partial charge in [0.05, 0.1) is 0 Å². The summed E-state index contributed by atoms with van der Waals surface area (Å²) < 4.78 is 2.87. The number of hydrogen-bond donors (Lipinski definition) is 0. The van der Waals surface area contributed by atoms with Crippen LogP contribution in [0.3, 0.4) is 0 Å². The Bertz CT molecular complexity index is 576. The van der Waals surface area contributed by atoms with Gasteiger partial charge < -0.3 is 14.4 Å². The van der Waals surface area contributed by atoms with E-state index in [0.29, 0.717) is 6.04 Å². The summed E-state index contributed by atoms with van der Waals surface area (Å²) in [6.45, 7) is 2.25. The van der Waals surface area contributed by atoms with Gasteiger partial charge in [-0.15, -0.1) is 0 Å². The van der Waals surface area contributed by atoms with E-state index in [9.17, 15) is 0 Å². The van der Waals surface area contributed by atoms with Crippen LogP contribution < -0.4 is 4.90 Å². The number of hydrogen-bond acceptors (Lipinski definition) is 3. The van der Waals surface area contributed by atoms with Crippen molar-refractivity contribution in [2.45, 2.75) is 12.5 Å². The molecule has 1 fully saturated rings. The molecule has 0 N–H and O–H groups in total. The number of imidazole rings is 1. The van der Waals surface area contributed by atoms with Gasteiger partial charge in [0.1, 0.15) is 10.9 Å². The third kappa shape index (κ3) is 2.74. The zero-order chi connectivity index (χ0) is 14.1. The smallest absolute Gasteiger partial charge is 0.124 e. The summed E-state index contributed by atoms with van der Waals surface area (Å²) in [5.74, 6) is 0. The summed E-state index contributed by atoms with van der Waals surface area (Å²) in [6, 6.07) is 9.35. The van der Waals surface area contributed by atoms with Crippen LogP contribution in [0.2, 0.25) is 0 Å². The van der Waals surface area contributed by atoms with Crippen LogP contribution >= 0.6 is 15.9 Å². The summed E-state index contributed by atoms with van der Waals surface area (Å²) in [5.41, 5.74) is 2.44. The predicted octanol–water partition coefficient (Wildman–Crippen LogP) is 2.78. The summed E-state index contributed by atoms with van der Waals surface area (Å²) in [6.07, 6.45) is 5.02. The minimum Gasteiger partial charge on any atom is -0.370 e. The molecule has 0 radical (unpaired) electrons. The first kappa shape index (κ1) is 13.6. The van der Waals surface area contributed by atoms with Crippen molar-refractivity contribution < 1.29 is 0 Å². The summed E-state index contributed by atoms with van der Waals surface area (Å²) in [5, 5.41) is 0. The second-order valence-corrected chi connectivity index (χ2v) is 6.28. The number of likely N-dealkylation sites (N-methyl/N-ethyl adjacent to an activating group) is 1. The topological polar surface area (TPSA) is 24.3 Å². The number of halogens is 1. The van der Waals surface area contributed by atoms with Crippen LogP contribution in [0, 0.1) is 0 Å². The van der Waals surface area contributed by atoms with Crippen molar-refractivity contribution in [3.05, 3.63) is 41.4 Å². The van der Waals surface area contributed by atoms with Crippen molar-refractivity contribution >= 4 is 21.6 Å². The molecule has 0 aliphatic carbocycles. The van der Waals surface area contributed by atoms with Crippen molar-refractivity contribution in [1.29, 1.82) is 0 Å². The molecule has 0 spiro atoms. The maximum Gasteiger partial charge on any atom is 0.124 e. The van der Waals surface area contributed by atoms with Crippen LogP contribution in [-0.4, -0.2) is 47.7 Å². The summed E-state index contributed by atoms with van der Waals surface area (Å²) in [4.78, 5) is 8.96. The van der Waals surface area contributed by atoms with Gasteiger partial charge in [0.15, 0.2) is 0 Å². The Labute approximate surface area is 128 Å². The van der Waals surface area contributed by atoms with Crippen LogP contribution in [0.15, 0.2) is 41.4 Å². The van der Waals surface area contributed by atoms with Gasteiger partial charge in [-0.1, -0.05) is 0 Å². The zero-order valence-electron chi connectivity index (χ0n) is 11.8. The van der Waals surface area contributed by atoms with E-state index in [1.165, 1.54) is 12.1 Å². The lowest BCUT2D eigenvalue weighted by Gasteiger charge is -2.22. The first-order valence-corrected chi connectivity index (χ1v) is 7.64. The van der Waals surface area contributed by atoms with E-state index >= 15 is 0 Å². The van der Waals surface area contributed by atoms with Gasteiger partial charge in [-0.3, -0.25) is 0 Å². The molecule has 0 amide bonds. The lowest BCUT2D eigenvalue weighted by Crippen LogP contribution is -2.31. The second-order valence-electron chi connectivity index (χ2n) is 5.47. The number of nitrogens with zero attached hydrogens (tertiary/aromatic N) is 4. The van der Waals surface area contributed by atoms with E-state index in [-0.39, 0.29) is 0 Å². The number of anilines is 1. The average molecular weight is 335 g/mol. The molecule has 0 saturated carbocycles. The molecule has 0 bridgehead atoms. The molecule has 1 saturated heterocycles. The van der Waals surface area contributed by atoms with Gasteiger partial charge in [0.25, 0.3) is 0 Å². The van der Waals surface area contributed by atoms with Gasteiger partial charge in [-0.2, -0.15) is 0 Å². The predicted molar refractivity (Wildman–Crippen MR) is 85.6 cm³/mol. The minimum atomic E-state index is 0.666. The molecule has 1 atom stereocenters. The molecule has 1 aromatic carbocycles. The highest BCUT2D eigenvalue weighted by Gasteiger charge is 2.23. The number of benzene rings is 1. The molecule has 5 heteroatoms. The molecule has 4 nitrogen and oxygen atoms in total. The Balaban J connectivity index is 1.74. The summed E-state index contributed by atoms with van der Waals surface area (Å²) >= 11 is 3.37. The van der Waals surface area contributed by atoms with E-state index in [4.69, 9.17) is 0 Å². The van der Waals surface area contributed by atoms with E-state index in [1.807, 2.05) is 17.1 Å². The van der Waals surface area contributed by atoms with Gasteiger partial charge in [-0.25, -0.2) is 4.98 Å². The van der Waals surface area contributed by atoms with Crippen LogP contribution in [0.1, 0.15) is 6.42 Å². The van der Waals surface area contributed by atoms with Crippen LogP contribution in [0.5, 0.6) is 0 Å². The lowest BCUT2D eigenvalue weighted by molar-refractivity contribution is 0.315. The van der Waals surface area contributed by atoms with Crippen LogP contribution in [0.4, 0.5) is 5.69 Å². The molecule has 2 aromatic rings. The molecule has 0 unspecified atom stereocenters. The SMILES string of the molecule is CN(C)[C@@H]1CCN(c2ccc(-n3cnc(Br)c3)cc2)C1. The molecule has 106 valence electrons.